The van der Waals surface area contributed by atoms with Crippen LogP contribution >= 0.6 is 11.6 Å². The zero-order chi connectivity index (χ0) is 18.7. The molecule has 1 fully saturated rings. The Morgan fingerprint density at radius 3 is 2.54 bits per heavy atom. The van der Waals surface area contributed by atoms with Crippen LogP contribution in [0.4, 0.5) is 4.39 Å². The summed E-state index contributed by atoms with van der Waals surface area (Å²) in [6.45, 7) is 0.287. The normalized spacial score (nSPS) is 17.3. The molecule has 0 spiro atoms. The molecule has 3 rings (SSSR count). The second-order valence-corrected chi connectivity index (χ2v) is 6.46. The summed E-state index contributed by atoms with van der Waals surface area (Å²) in [7, 11) is 0. The summed E-state index contributed by atoms with van der Waals surface area (Å²) >= 11 is 5.89. The molecule has 1 aliphatic heterocycles. The molecule has 0 radical (unpaired) electrons. The van der Waals surface area contributed by atoms with Gasteiger partial charge in [0.25, 0.3) is 0 Å². The van der Waals surface area contributed by atoms with Crippen molar-refractivity contribution >= 4 is 23.4 Å². The third kappa shape index (κ3) is 3.84. The lowest BCUT2D eigenvalue weighted by Crippen LogP contribution is -2.35. The average Bonchev–Trinajstić information content (AvgIpc) is 3.09. The van der Waals surface area contributed by atoms with Crippen LogP contribution in [0.5, 0.6) is 0 Å². The first-order valence-corrected chi connectivity index (χ1v) is 8.38. The number of carbonyl (C=O) groups is 2. The number of benzene rings is 2. The third-order valence-corrected chi connectivity index (χ3v) is 4.57. The highest BCUT2D eigenvalue weighted by Crippen LogP contribution is 2.27. The van der Waals surface area contributed by atoms with E-state index >= 15 is 0 Å². The summed E-state index contributed by atoms with van der Waals surface area (Å²) in [6.07, 6.45) is 0.135. The molecular weight excluding hydrogens is 357 g/mol. The highest BCUT2D eigenvalue weighted by molar-refractivity contribution is 6.30. The Hall–Kier alpha value is -2.91. The predicted octanol–water partition coefficient (Wildman–Crippen LogP) is 2.69. The van der Waals surface area contributed by atoms with Gasteiger partial charge in [-0.15, -0.1) is 0 Å². The topological polar surface area (TPSA) is 82.0 Å². The number of carbonyl (C=O) groups excluding carboxylic acids is 2. The monoisotopic (exact) mass is 371 g/mol. The molecule has 2 aromatic carbocycles. The van der Waals surface area contributed by atoms with Crippen molar-refractivity contribution in [1.82, 2.24) is 10.6 Å². The smallest absolute Gasteiger partial charge is 0.226 e. The molecule has 2 atom stereocenters. The van der Waals surface area contributed by atoms with Gasteiger partial charge in [0, 0.05) is 13.0 Å². The molecule has 1 aliphatic rings. The van der Waals surface area contributed by atoms with E-state index < -0.39 is 17.8 Å². The number of hydrogen-bond donors (Lipinski definition) is 2. The van der Waals surface area contributed by atoms with Gasteiger partial charge in [-0.2, -0.15) is 5.26 Å². The van der Waals surface area contributed by atoms with Crippen LogP contribution < -0.4 is 10.6 Å². The van der Waals surface area contributed by atoms with E-state index in [0.29, 0.717) is 11.1 Å². The molecule has 26 heavy (non-hydrogen) atoms. The lowest BCUT2D eigenvalue weighted by molar-refractivity contribution is -0.126. The molecule has 0 aliphatic carbocycles. The number of rotatable bonds is 4. The van der Waals surface area contributed by atoms with Crippen LogP contribution in [0.3, 0.4) is 0 Å². The molecule has 1 saturated heterocycles. The summed E-state index contributed by atoms with van der Waals surface area (Å²) in [5, 5.41) is 14.4. The molecule has 2 N–H and O–H groups in total. The number of halogens is 2. The Kier molecular flexibility index (Phi) is 5.19. The Bertz CT molecular complexity index is 893. The number of hydrogen-bond acceptors (Lipinski definition) is 3. The molecule has 0 bridgehead atoms. The fourth-order valence-corrected chi connectivity index (χ4v) is 3.04. The fourth-order valence-electron chi connectivity index (χ4n) is 2.85. The second-order valence-electron chi connectivity index (χ2n) is 6.05. The molecule has 1 heterocycles. The van der Waals surface area contributed by atoms with E-state index in [1.54, 1.807) is 30.3 Å². The number of amides is 2. The van der Waals surface area contributed by atoms with Crippen molar-refractivity contribution in [2.75, 3.05) is 6.54 Å². The van der Waals surface area contributed by atoms with Gasteiger partial charge in [-0.3, -0.25) is 9.59 Å². The maximum Gasteiger partial charge on any atom is 0.226 e. The van der Waals surface area contributed by atoms with Gasteiger partial charge < -0.3 is 10.6 Å². The van der Waals surface area contributed by atoms with Gasteiger partial charge in [-0.05, 0) is 35.4 Å². The SMILES string of the molecule is N#Cc1ccc([C@H](NC(=O)[C@@H]2CNC(=O)C2)c2ccc(F)c(Cl)c2)cc1. The van der Waals surface area contributed by atoms with Gasteiger partial charge in [-0.1, -0.05) is 29.8 Å². The lowest BCUT2D eigenvalue weighted by atomic mass is 9.96. The van der Waals surface area contributed by atoms with Crippen molar-refractivity contribution in [1.29, 1.82) is 5.26 Å². The molecule has 132 valence electrons. The van der Waals surface area contributed by atoms with E-state index in [1.807, 2.05) is 6.07 Å². The Balaban J connectivity index is 1.92. The number of nitriles is 1. The Labute approximate surface area is 154 Å². The largest absolute Gasteiger partial charge is 0.355 e. The Morgan fingerprint density at radius 1 is 1.27 bits per heavy atom. The van der Waals surface area contributed by atoms with Crippen LogP contribution in [-0.4, -0.2) is 18.4 Å². The molecule has 0 unspecified atom stereocenters. The summed E-state index contributed by atoms with van der Waals surface area (Å²) in [4.78, 5) is 23.9. The second kappa shape index (κ2) is 7.54. The average molecular weight is 372 g/mol. The minimum absolute atomic E-state index is 0.0481. The minimum atomic E-state index is -0.580. The Morgan fingerprint density at radius 2 is 1.96 bits per heavy atom. The summed E-state index contributed by atoms with van der Waals surface area (Å²) in [5.74, 6) is -1.45. The van der Waals surface area contributed by atoms with Crippen molar-refractivity contribution in [2.24, 2.45) is 5.92 Å². The van der Waals surface area contributed by atoms with E-state index in [9.17, 15) is 14.0 Å². The van der Waals surface area contributed by atoms with Gasteiger partial charge in [0.1, 0.15) is 5.82 Å². The molecular formula is C19H15ClFN3O2. The van der Waals surface area contributed by atoms with Crippen LogP contribution in [0.1, 0.15) is 29.2 Å². The number of nitrogens with one attached hydrogen (secondary N) is 2. The first-order chi connectivity index (χ1) is 12.5. The minimum Gasteiger partial charge on any atom is -0.355 e. The van der Waals surface area contributed by atoms with Crippen molar-refractivity contribution in [3.63, 3.8) is 0 Å². The molecule has 0 saturated carbocycles. The maximum atomic E-state index is 13.5. The van der Waals surface area contributed by atoms with Crippen LogP contribution in [0, 0.1) is 23.1 Å². The predicted molar refractivity (Wildman–Crippen MR) is 93.7 cm³/mol. The van der Waals surface area contributed by atoms with Gasteiger partial charge in [0.15, 0.2) is 0 Å². The molecule has 7 heteroatoms. The number of nitrogens with zero attached hydrogens (tertiary/aromatic N) is 1. The maximum absolute atomic E-state index is 13.5. The van der Waals surface area contributed by atoms with Crippen LogP contribution in [0.2, 0.25) is 5.02 Å². The third-order valence-electron chi connectivity index (χ3n) is 4.28. The van der Waals surface area contributed by atoms with Crippen molar-refractivity contribution < 1.29 is 14.0 Å². The standard InChI is InChI=1S/C19H15ClFN3O2/c20-15-7-13(5-6-16(15)21)18(12-3-1-11(9-22)2-4-12)24-19(26)14-8-17(25)23-10-14/h1-7,14,18H,8,10H2,(H,23,25)(H,24,26)/t14-,18-/m0/s1. The zero-order valence-corrected chi connectivity index (χ0v) is 14.4. The first kappa shape index (κ1) is 17.9. The molecule has 0 aromatic heterocycles. The van der Waals surface area contributed by atoms with E-state index in [1.165, 1.54) is 12.1 Å². The zero-order valence-electron chi connectivity index (χ0n) is 13.6. The molecule has 5 nitrogen and oxygen atoms in total. The highest BCUT2D eigenvalue weighted by Gasteiger charge is 2.30. The highest BCUT2D eigenvalue weighted by atomic mass is 35.5. The van der Waals surface area contributed by atoms with Crippen LogP contribution in [-0.2, 0) is 9.59 Å². The quantitative estimate of drug-likeness (QED) is 0.866. The van der Waals surface area contributed by atoms with E-state index in [2.05, 4.69) is 10.6 Å². The van der Waals surface area contributed by atoms with Crippen LogP contribution in [0.15, 0.2) is 42.5 Å². The van der Waals surface area contributed by atoms with Gasteiger partial charge >= 0.3 is 0 Å². The lowest BCUT2D eigenvalue weighted by Gasteiger charge is -2.22. The van der Waals surface area contributed by atoms with E-state index in [4.69, 9.17) is 16.9 Å². The molecule has 2 aromatic rings. The van der Waals surface area contributed by atoms with Gasteiger partial charge in [0.05, 0.1) is 28.6 Å². The van der Waals surface area contributed by atoms with Crippen molar-refractivity contribution in [3.8, 4) is 6.07 Å². The summed E-state index contributed by atoms with van der Waals surface area (Å²) < 4.78 is 13.5. The summed E-state index contributed by atoms with van der Waals surface area (Å²) in [5.41, 5.74) is 1.81. The van der Waals surface area contributed by atoms with E-state index in [0.717, 1.165) is 5.56 Å². The van der Waals surface area contributed by atoms with E-state index in [-0.39, 0.29) is 29.8 Å². The fraction of sp³-hybridized carbons (Fsp3) is 0.211. The van der Waals surface area contributed by atoms with Gasteiger partial charge in [0.2, 0.25) is 11.8 Å². The van der Waals surface area contributed by atoms with Crippen molar-refractivity contribution in [2.45, 2.75) is 12.5 Å². The van der Waals surface area contributed by atoms with Crippen LogP contribution in [0.25, 0.3) is 0 Å². The molecule has 2 amide bonds. The summed E-state index contributed by atoms with van der Waals surface area (Å²) in [6, 6.07) is 12.4. The van der Waals surface area contributed by atoms with Crippen molar-refractivity contribution in [3.05, 3.63) is 70.0 Å². The first-order valence-electron chi connectivity index (χ1n) is 8.00. The van der Waals surface area contributed by atoms with Gasteiger partial charge in [-0.25, -0.2) is 4.39 Å².